The molecule has 0 atom stereocenters. The van der Waals surface area contributed by atoms with Gasteiger partial charge in [-0.05, 0) is 19.5 Å². The van der Waals surface area contributed by atoms with Gasteiger partial charge < -0.3 is 10.5 Å². The summed E-state index contributed by atoms with van der Waals surface area (Å²) in [7, 11) is 0. The molecule has 82 valence electrons. The predicted molar refractivity (Wildman–Crippen MR) is 62.7 cm³/mol. The van der Waals surface area contributed by atoms with Gasteiger partial charge in [-0.15, -0.1) is 24.8 Å². The van der Waals surface area contributed by atoms with E-state index in [1.807, 2.05) is 25.1 Å². The minimum Gasteiger partial charge on any atom is -0.478 e. The average molecular weight is 239 g/mol. The molecule has 5 heteroatoms. The molecule has 0 fully saturated rings. The van der Waals surface area contributed by atoms with Crippen molar-refractivity contribution in [2.24, 2.45) is 5.73 Å². The molecule has 0 saturated carbocycles. The van der Waals surface area contributed by atoms with E-state index >= 15 is 0 Å². The smallest absolute Gasteiger partial charge is 0.213 e. The van der Waals surface area contributed by atoms with Gasteiger partial charge in [0.15, 0.2) is 0 Å². The lowest BCUT2D eigenvalue weighted by Gasteiger charge is -2.03. The minimum absolute atomic E-state index is 0. The Kier molecular flexibility index (Phi) is 10.3. The van der Waals surface area contributed by atoms with Crippen molar-refractivity contribution in [1.29, 1.82) is 0 Å². The fraction of sp³-hybridized carbons (Fsp3) is 0.444. The monoisotopic (exact) mass is 238 g/mol. The fourth-order valence-corrected chi connectivity index (χ4v) is 0.973. The van der Waals surface area contributed by atoms with Gasteiger partial charge in [0.05, 0.1) is 6.61 Å². The van der Waals surface area contributed by atoms with E-state index in [0.717, 1.165) is 12.1 Å². The second-order valence-electron chi connectivity index (χ2n) is 2.44. The molecule has 0 radical (unpaired) electrons. The summed E-state index contributed by atoms with van der Waals surface area (Å²) in [6.07, 6.45) is 0.806. The third-order valence-corrected chi connectivity index (χ3v) is 1.47. The lowest BCUT2D eigenvalue weighted by Crippen LogP contribution is -2.05. The standard InChI is InChI=1S/C9H14N2O.2ClH/c1-2-12-9-5-3-4-8(11-9)6-7-10;;/h3-5H,2,6-7,10H2,1H3;2*1H. The second-order valence-corrected chi connectivity index (χ2v) is 2.44. The Morgan fingerprint density at radius 2 is 2.07 bits per heavy atom. The summed E-state index contributed by atoms with van der Waals surface area (Å²) in [6.45, 7) is 3.22. The van der Waals surface area contributed by atoms with Crippen LogP contribution in [0.3, 0.4) is 0 Å². The van der Waals surface area contributed by atoms with Gasteiger partial charge in [-0.25, -0.2) is 4.98 Å². The first-order valence-electron chi connectivity index (χ1n) is 4.15. The van der Waals surface area contributed by atoms with Crippen LogP contribution in [0.2, 0.25) is 0 Å². The molecule has 0 aliphatic carbocycles. The molecule has 0 saturated heterocycles. The van der Waals surface area contributed by atoms with Gasteiger partial charge in [0.25, 0.3) is 0 Å². The van der Waals surface area contributed by atoms with Crippen LogP contribution in [-0.4, -0.2) is 18.1 Å². The van der Waals surface area contributed by atoms with Crippen molar-refractivity contribution in [3.63, 3.8) is 0 Å². The minimum atomic E-state index is 0. The molecule has 0 bridgehead atoms. The topological polar surface area (TPSA) is 48.1 Å². The Bertz CT molecular complexity index is 225. The average Bonchev–Trinajstić information content (AvgIpc) is 2.06. The zero-order valence-corrected chi connectivity index (χ0v) is 9.74. The van der Waals surface area contributed by atoms with Crippen molar-refractivity contribution >= 4 is 24.8 Å². The predicted octanol–water partition coefficient (Wildman–Crippen LogP) is 1.83. The molecule has 14 heavy (non-hydrogen) atoms. The van der Waals surface area contributed by atoms with Crippen LogP contribution in [0, 0.1) is 0 Å². The number of hydrogen-bond donors (Lipinski definition) is 1. The Morgan fingerprint density at radius 1 is 1.36 bits per heavy atom. The number of rotatable bonds is 4. The van der Waals surface area contributed by atoms with Crippen molar-refractivity contribution < 1.29 is 4.74 Å². The van der Waals surface area contributed by atoms with Gasteiger partial charge in [-0.2, -0.15) is 0 Å². The fourth-order valence-electron chi connectivity index (χ4n) is 0.973. The van der Waals surface area contributed by atoms with E-state index in [1.165, 1.54) is 0 Å². The number of hydrogen-bond acceptors (Lipinski definition) is 3. The summed E-state index contributed by atoms with van der Waals surface area (Å²) in [6, 6.07) is 5.74. The highest BCUT2D eigenvalue weighted by Crippen LogP contribution is 2.07. The number of halogens is 2. The highest BCUT2D eigenvalue weighted by molar-refractivity contribution is 5.85. The highest BCUT2D eigenvalue weighted by atomic mass is 35.5. The SMILES string of the molecule is CCOc1cccc(CCN)n1.Cl.Cl. The first kappa shape index (κ1) is 15.9. The Balaban J connectivity index is 0. The molecule has 0 aliphatic heterocycles. The van der Waals surface area contributed by atoms with Crippen LogP contribution in [0.25, 0.3) is 0 Å². The largest absolute Gasteiger partial charge is 0.478 e. The van der Waals surface area contributed by atoms with Gasteiger partial charge in [0.1, 0.15) is 0 Å². The maximum Gasteiger partial charge on any atom is 0.213 e. The first-order chi connectivity index (χ1) is 5.86. The second kappa shape index (κ2) is 9.06. The first-order valence-corrected chi connectivity index (χ1v) is 4.15. The van der Waals surface area contributed by atoms with Crippen molar-refractivity contribution in [2.75, 3.05) is 13.2 Å². The maximum atomic E-state index is 5.40. The molecule has 1 aromatic heterocycles. The van der Waals surface area contributed by atoms with Gasteiger partial charge >= 0.3 is 0 Å². The molecule has 0 amide bonds. The van der Waals surface area contributed by atoms with Gasteiger partial charge in [0.2, 0.25) is 5.88 Å². The molecule has 1 aromatic rings. The summed E-state index contributed by atoms with van der Waals surface area (Å²) in [5.41, 5.74) is 6.39. The van der Waals surface area contributed by atoms with Crippen LogP contribution in [0.5, 0.6) is 5.88 Å². The van der Waals surface area contributed by atoms with E-state index < -0.39 is 0 Å². The quantitative estimate of drug-likeness (QED) is 0.871. The van der Waals surface area contributed by atoms with E-state index in [-0.39, 0.29) is 24.8 Å². The third kappa shape index (κ3) is 5.27. The molecular formula is C9H16Cl2N2O. The molecule has 0 aromatic carbocycles. The van der Waals surface area contributed by atoms with Crippen LogP contribution >= 0.6 is 24.8 Å². The molecule has 2 N–H and O–H groups in total. The van der Waals surface area contributed by atoms with Crippen LogP contribution in [0.15, 0.2) is 18.2 Å². The third-order valence-electron chi connectivity index (χ3n) is 1.47. The van der Waals surface area contributed by atoms with E-state index in [1.54, 1.807) is 0 Å². The normalized spacial score (nSPS) is 8.43. The molecule has 0 unspecified atom stereocenters. The molecule has 0 aliphatic rings. The number of nitrogens with zero attached hydrogens (tertiary/aromatic N) is 1. The van der Waals surface area contributed by atoms with Crippen molar-refractivity contribution in [3.05, 3.63) is 23.9 Å². The number of nitrogens with two attached hydrogens (primary N) is 1. The molecule has 1 heterocycles. The lowest BCUT2D eigenvalue weighted by molar-refractivity contribution is 0.326. The summed E-state index contributed by atoms with van der Waals surface area (Å²) in [5, 5.41) is 0. The molecule has 1 rings (SSSR count). The van der Waals surface area contributed by atoms with E-state index in [9.17, 15) is 0 Å². The van der Waals surface area contributed by atoms with E-state index in [2.05, 4.69) is 4.98 Å². The molecule has 0 spiro atoms. The molecule has 3 nitrogen and oxygen atoms in total. The van der Waals surface area contributed by atoms with Crippen LogP contribution in [0.4, 0.5) is 0 Å². The van der Waals surface area contributed by atoms with Crippen molar-refractivity contribution in [1.82, 2.24) is 4.98 Å². The van der Waals surface area contributed by atoms with Crippen LogP contribution < -0.4 is 10.5 Å². The van der Waals surface area contributed by atoms with Crippen molar-refractivity contribution in [2.45, 2.75) is 13.3 Å². The zero-order chi connectivity index (χ0) is 8.81. The van der Waals surface area contributed by atoms with Crippen LogP contribution in [-0.2, 0) is 6.42 Å². The van der Waals surface area contributed by atoms with E-state index in [4.69, 9.17) is 10.5 Å². The number of aromatic nitrogens is 1. The summed E-state index contributed by atoms with van der Waals surface area (Å²) >= 11 is 0. The Labute approximate surface area is 96.9 Å². The molecular weight excluding hydrogens is 223 g/mol. The van der Waals surface area contributed by atoms with E-state index in [0.29, 0.717) is 19.0 Å². The number of pyridine rings is 1. The Hall–Kier alpha value is -0.510. The van der Waals surface area contributed by atoms with Crippen LogP contribution in [0.1, 0.15) is 12.6 Å². The van der Waals surface area contributed by atoms with Gasteiger partial charge in [-0.3, -0.25) is 0 Å². The highest BCUT2D eigenvalue weighted by Gasteiger charge is 1.95. The number of ether oxygens (including phenoxy) is 1. The summed E-state index contributed by atoms with van der Waals surface area (Å²) < 4.78 is 5.24. The summed E-state index contributed by atoms with van der Waals surface area (Å²) in [5.74, 6) is 0.684. The lowest BCUT2D eigenvalue weighted by atomic mass is 10.3. The van der Waals surface area contributed by atoms with Gasteiger partial charge in [-0.1, -0.05) is 6.07 Å². The summed E-state index contributed by atoms with van der Waals surface area (Å²) in [4.78, 5) is 4.25. The van der Waals surface area contributed by atoms with Gasteiger partial charge in [0, 0.05) is 18.2 Å². The Morgan fingerprint density at radius 3 is 2.64 bits per heavy atom. The zero-order valence-electron chi connectivity index (χ0n) is 8.10. The maximum absolute atomic E-state index is 5.40. The van der Waals surface area contributed by atoms with Crippen molar-refractivity contribution in [3.8, 4) is 5.88 Å².